The van der Waals surface area contributed by atoms with Crippen LogP contribution in [0.2, 0.25) is 5.02 Å². The first-order valence-electron chi connectivity index (χ1n) is 12.4. The molecule has 41 heavy (non-hydrogen) atoms. The van der Waals surface area contributed by atoms with Crippen molar-refractivity contribution in [3.63, 3.8) is 0 Å². The highest BCUT2D eigenvalue weighted by molar-refractivity contribution is 9.10. The Kier molecular flexibility index (Phi) is 7.30. The Labute approximate surface area is 246 Å². The van der Waals surface area contributed by atoms with Gasteiger partial charge in [-0.2, -0.15) is 9.78 Å². The summed E-state index contributed by atoms with van der Waals surface area (Å²) in [6.45, 7) is 0.166. The Morgan fingerprint density at radius 3 is 2.68 bits per heavy atom. The summed E-state index contributed by atoms with van der Waals surface area (Å²) in [5, 5.41) is 6.03. The van der Waals surface area contributed by atoms with Gasteiger partial charge in [0.05, 0.1) is 29.2 Å². The molecule has 2 aromatic heterocycles. The highest BCUT2D eigenvalue weighted by Gasteiger charge is 2.17. The van der Waals surface area contributed by atoms with Crippen LogP contribution in [0.1, 0.15) is 11.1 Å². The standard InChI is InChI=1S/C31H20BrClFN3O4/c1-39-27-13-19(12-24(33)29(27)40-17-18-6-9-22(34)10-7-18)16-35-37-30(36-25-5-3-2-4-23(25)31(37)38)28-15-20-14-21(32)8-11-26(20)41-28/h2-16H,17H2,1H3. The summed E-state index contributed by atoms with van der Waals surface area (Å²) in [4.78, 5) is 18.3. The molecule has 10 heteroatoms. The first-order valence-corrected chi connectivity index (χ1v) is 13.6. The third-order valence-corrected chi connectivity index (χ3v) is 7.10. The monoisotopic (exact) mass is 631 g/mol. The van der Waals surface area contributed by atoms with Crippen molar-refractivity contribution in [2.75, 3.05) is 7.11 Å². The molecule has 0 saturated carbocycles. The molecule has 0 radical (unpaired) electrons. The van der Waals surface area contributed by atoms with Crippen LogP contribution in [0.25, 0.3) is 33.5 Å². The van der Waals surface area contributed by atoms with Gasteiger partial charge in [-0.15, -0.1) is 0 Å². The Bertz CT molecular complexity index is 2000. The van der Waals surface area contributed by atoms with Crippen molar-refractivity contribution in [1.29, 1.82) is 0 Å². The average molecular weight is 633 g/mol. The Hall–Kier alpha value is -4.47. The van der Waals surface area contributed by atoms with Crippen molar-refractivity contribution in [3.8, 4) is 23.1 Å². The van der Waals surface area contributed by atoms with Crippen molar-refractivity contribution >= 4 is 55.6 Å². The van der Waals surface area contributed by atoms with Gasteiger partial charge < -0.3 is 13.9 Å². The highest BCUT2D eigenvalue weighted by Crippen LogP contribution is 2.37. The molecule has 0 bridgehead atoms. The molecule has 0 spiro atoms. The van der Waals surface area contributed by atoms with Crippen LogP contribution in [-0.2, 0) is 6.61 Å². The predicted octanol–water partition coefficient (Wildman–Crippen LogP) is 7.83. The van der Waals surface area contributed by atoms with Gasteiger partial charge in [0, 0.05) is 9.86 Å². The summed E-state index contributed by atoms with van der Waals surface area (Å²) in [5.74, 6) is 1.00. The molecule has 2 heterocycles. The van der Waals surface area contributed by atoms with E-state index in [0.717, 1.165) is 15.4 Å². The third-order valence-electron chi connectivity index (χ3n) is 6.32. The predicted molar refractivity (Wildman–Crippen MR) is 161 cm³/mol. The highest BCUT2D eigenvalue weighted by atomic mass is 79.9. The van der Waals surface area contributed by atoms with E-state index in [0.29, 0.717) is 39.3 Å². The zero-order valence-electron chi connectivity index (χ0n) is 21.5. The van der Waals surface area contributed by atoms with E-state index in [2.05, 4.69) is 21.0 Å². The summed E-state index contributed by atoms with van der Waals surface area (Å²) < 4.78 is 32.8. The normalized spacial score (nSPS) is 11.5. The lowest BCUT2D eigenvalue weighted by Crippen LogP contribution is -2.20. The minimum atomic E-state index is -0.360. The Morgan fingerprint density at radius 1 is 1.07 bits per heavy atom. The van der Waals surface area contributed by atoms with Gasteiger partial charge in [-0.25, -0.2) is 9.37 Å². The van der Waals surface area contributed by atoms with Gasteiger partial charge in [0.2, 0.25) is 5.82 Å². The molecule has 204 valence electrons. The molecule has 6 aromatic rings. The van der Waals surface area contributed by atoms with Gasteiger partial charge in [-0.1, -0.05) is 51.8 Å². The fraction of sp³-hybridized carbons (Fsp3) is 0.0645. The summed E-state index contributed by atoms with van der Waals surface area (Å²) in [5.41, 5.74) is 2.13. The number of rotatable bonds is 7. The number of para-hydroxylation sites is 1. The van der Waals surface area contributed by atoms with Crippen molar-refractivity contribution in [2.24, 2.45) is 5.10 Å². The average Bonchev–Trinajstić information content (AvgIpc) is 3.39. The molecule has 6 rings (SSSR count). The Morgan fingerprint density at radius 2 is 1.88 bits per heavy atom. The van der Waals surface area contributed by atoms with E-state index in [1.165, 1.54) is 30.1 Å². The zero-order valence-corrected chi connectivity index (χ0v) is 23.8. The number of benzene rings is 4. The molecule has 0 fully saturated rings. The SMILES string of the molecule is COc1cc(C=Nn2c(-c3cc4cc(Br)ccc4o3)nc3ccccc3c2=O)cc(Cl)c1OCc1ccc(F)cc1. The largest absolute Gasteiger partial charge is 0.493 e. The lowest BCUT2D eigenvalue weighted by atomic mass is 10.2. The number of furan rings is 1. The summed E-state index contributed by atoms with van der Waals surface area (Å²) in [6, 6.07) is 23.8. The molecule has 7 nitrogen and oxygen atoms in total. The van der Waals surface area contributed by atoms with Crippen molar-refractivity contribution < 1.29 is 18.3 Å². The topological polar surface area (TPSA) is 78.9 Å². The van der Waals surface area contributed by atoms with Gasteiger partial charge in [0.15, 0.2) is 17.3 Å². The second-order valence-electron chi connectivity index (χ2n) is 9.06. The summed E-state index contributed by atoms with van der Waals surface area (Å²) >= 11 is 10.0. The number of nitrogens with zero attached hydrogens (tertiary/aromatic N) is 3. The molecule has 0 unspecified atom stereocenters. The van der Waals surface area contributed by atoms with E-state index in [-0.39, 0.29) is 28.8 Å². The molecule has 0 amide bonds. The molecule has 0 N–H and O–H groups in total. The van der Waals surface area contributed by atoms with E-state index in [1.54, 1.807) is 42.5 Å². The molecule has 4 aromatic carbocycles. The minimum Gasteiger partial charge on any atom is -0.493 e. The minimum absolute atomic E-state index is 0.166. The molecule has 0 saturated heterocycles. The number of halogens is 3. The van der Waals surface area contributed by atoms with Crippen LogP contribution in [0.5, 0.6) is 11.5 Å². The first-order chi connectivity index (χ1) is 19.9. The lowest BCUT2D eigenvalue weighted by Gasteiger charge is -2.13. The Balaban J connectivity index is 1.39. The summed E-state index contributed by atoms with van der Waals surface area (Å²) in [7, 11) is 1.49. The number of hydrogen-bond donors (Lipinski definition) is 0. The fourth-order valence-electron chi connectivity index (χ4n) is 4.33. The maximum atomic E-state index is 13.6. The van der Waals surface area contributed by atoms with Gasteiger partial charge in [-0.3, -0.25) is 4.79 Å². The molecule has 0 aliphatic heterocycles. The molecular formula is C31H20BrClFN3O4. The molecular weight excluding hydrogens is 613 g/mol. The fourth-order valence-corrected chi connectivity index (χ4v) is 4.98. The first kappa shape index (κ1) is 26.7. The van der Waals surface area contributed by atoms with Crippen molar-refractivity contribution in [3.05, 3.63) is 122 Å². The quantitative estimate of drug-likeness (QED) is 0.168. The van der Waals surface area contributed by atoms with Crippen LogP contribution in [0.3, 0.4) is 0 Å². The van der Waals surface area contributed by atoms with Crippen LogP contribution in [-0.4, -0.2) is 23.0 Å². The third kappa shape index (κ3) is 5.46. The smallest absolute Gasteiger partial charge is 0.282 e. The van der Waals surface area contributed by atoms with E-state index < -0.39 is 0 Å². The number of methoxy groups -OCH3 is 1. The van der Waals surface area contributed by atoms with Gasteiger partial charge in [0.1, 0.15) is 18.0 Å². The molecule has 0 atom stereocenters. The van der Waals surface area contributed by atoms with E-state index in [9.17, 15) is 9.18 Å². The van der Waals surface area contributed by atoms with Crippen LogP contribution >= 0.6 is 27.5 Å². The van der Waals surface area contributed by atoms with E-state index >= 15 is 0 Å². The lowest BCUT2D eigenvalue weighted by molar-refractivity contribution is 0.284. The summed E-state index contributed by atoms with van der Waals surface area (Å²) in [6.07, 6.45) is 1.48. The number of fused-ring (bicyclic) bond motifs is 2. The van der Waals surface area contributed by atoms with Crippen molar-refractivity contribution in [2.45, 2.75) is 6.61 Å². The van der Waals surface area contributed by atoms with Crippen LogP contribution < -0.4 is 15.0 Å². The van der Waals surface area contributed by atoms with Crippen LogP contribution in [0, 0.1) is 5.82 Å². The van der Waals surface area contributed by atoms with Gasteiger partial charge in [-0.05, 0) is 71.8 Å². The van der Waals surface area contributed by atoms with E-state index in [1.807, 2.05) is 30.3 Å². The maximum absolute atomic E-state index is 13.6. The van der Waals surface area contributed by atoms with E-state index in [4.69, 9.17) is 30.5 Å². The van der Waals surface area contributed by atoms with Crippen molar-refractivity contribution in [1.82, 2.24) is 9.66 Å². The molecule has 0 aliphatic rings. The second-order valence-corrected chi connectivity index (χ2v) is 10.4. The van der Waals surface area contributed by atoms with Gasteiger partial charge in [0.25, 0.3) is 5.56 Å². The number of hydrogen-bond acceptors (Lipinski definition) is 6. The molecule has 0 aliphatic carbocycles. The number of aromatic nitrogens is 2. The van der Waals surface area contributed by atoms with Crippen LogP contribution in [0.4, 0.5) is 4.39 Å². The zero-order chi connectivity index (χ0) is 28.5. The van der Waals surface area contributed by atoms with Crippen LogP contribution in [0.15, 0.2) is 104 Å². The van der Waals surface area contributed by atoms with Gasteiger partial charge >= 0.3 is 0 Å². The second kappa shape index (κ2) is 11.2. The maximum Gasteiger partial charge on any atom is 0.282 e. The number of ether oxygens (including phenoxy) is 2.